The number of aryl methyl sites for hydroxylation is 1. The zero-order chi connectivity index (χ0) is 21.5. The van der Waals surface area contributed by atoms with Gasteiger partial charge in [0.2, 0.25) is 0 Å². The van der Waals surface area contributed by atoms with Crippen LogP contribution in [0, 0.1) is 6.92 Å². The summed E-state index contributed by atoms with van der Waals surface area (Å²) in [5.41, 5.74) is 5.09. The minimum absolute atomic E-state index is 0.0386. The van der Waals surface area contributed by atoms with Gasteiger partial charge in [0.25, 0.3) is 0 Å². The Labute approximate surface area is 189 Å². The first-order valence-corrected chi connectivity index (χ1v) is 10.8. The molecule has 2 aromatic heterocycles. The van der Waals surface area contributed by atoms with Gasteiger partial charge < -0.3 is 4.42 Å². The summed E-state index contributed by atoms with van der Waals surface area (Å²) < 4.78 is 5.72. The Kier molecular flexibility index (Phi) is 5.26. The normalized spacial score (nSPS) is 14.0. The molecule has 0 bridgehead atoms. The Balaban J connectivity index is 1.38. The fraction of sp³-hybridized carbons (Fsp3) is 0.208. The van der Waals surface area contributed by atoms with E-state index in [4.69, 9.17) is 32.6 Å². The van der Waals surface area contributed by atoms with Gasteiger partial charge in [0, 0.05) is 59.0 Å². The first-order valence-electron chi connectivity index (χ1n) is 10.0. The lowest BCUT2D eigenvalue weighted by Crippen LogP contribution is -2.32. The topological polar surface area (TPSA) is 59.2 Å². The van der Waals surface area contributed by atoms with Crippen LogP contribution in [0.25, 0.3) is 22.4 Å². The summed E-state index contributed by atoms with van der Waals surface area (Å²) in [5, 5.41) is 1.77. The van der Waals surface area contributed by atoms with Crippen LogP contribution in [0.2, 0.25) is 10.0 Å². The molecule has 0 aliphatic carbocycles. The summed E-state index contributed by atoms with van der Waals surface area (Å²) in [6, 6.07) is 11.0. The maximum absolute atomic E-state index is 13.0. The maximum atomic E-state index is 13.0. The molecule has 0 radical (unpaired) electrons. The third-order valence-electron chi connectivity index (χ3n) is 5.63. The molecule has 0 amide bonds. The second-order valence-electron chi connectivity index (χ2n) is 7.82. The van der Waals surface area contributed by atoms with E-state index >= 15 is 0 Å². The van der Waals surface area contributed by atoms with Gasteiger partial charge in [-0.05, 0) is 48.9 Å². The number of hydrogen-bond donors (Lipinski definition) is 0. The minimum Gasteiger partial charge on any atom is -0.464 e. The van der Waals surface area contributed by atoms with Crippen molar-refractivity contribution in [1.82, 2.24) is 14.9 Å². The molecule has 1 aliphatic heterocycles. The number of nitrogens with zero attached hydrogens (tertiary/aromatic N) is 3. The van der Waals surface area contributed by atoms with E-state index in [0.29, 0.717) is 45.5 Å². The molecule has 5 rings (SSSR count). The Hall–Kier alpha value is -2.73. The van der Waals surface area contributed by atoms with Gasteiger partial charge in [-0.1, -0.05) is 23.2 Å². The van der Waals surface area contributed by atoms with Crippen molar-refractivity contribution in [2.75, 3.05) is 6.54 Å². The van der Waals surface area contributed by atoms with Crippen molar-refractivity contribution in [1.29, 1.82) is 0 Å². The molecule has 0 fully saturated rings. The highest BCUT2D eigenvalue weighted by atomic mass is 35.5. The number of rotatable bonds is 3. The zero-order valence-electron chi connectivity index (χ0n) is 16.9. The first-order chi connectivity index (χ1) is 15.0. The van der Waals surface area contributed by atoms with Gasteiger partial charge in [0.15, 0.2) is 11.3 Å². The highest BCUT2D eigenvalue weighted by molar-refractivity contribution is 6.32. The van der Waals surface area contributed by atoms with Crippen molar-refractivity contribution >= 4 is 34.2 Å². The average Bonchev–Trinajstić information content (AvgIpc) is 2.77. The van der Waals surface area contributed by atoms with Crippen LogP contribution in [0.15, 0.2) is 58.1 Å². The van der Waals surface area contributed by atoms with Crippen molar-refractivity contribution in [2.45, 2.75) is 26.4 Å². The van der Waals surface area contributed by atoms with Gasteiger partial charge in [0.05, 0.1) is 17.3 Å². The molecule has 0 atom stereocenters. The van der Waals surface area contributed by atoms with Crippen molar-refractivity contribution in [2.24, 2.45) is 0 Å². The zero-order valence-corrected chi connectivity index (χ0v) is 18.4. The van der Waals surface area contributed by atoms with E-state index in [1.165, 1.54) is 0 Å². The predicted octanol–water partition coefficient (Wildman–Crippen LogP) is 5.42. The lowest BCUT2D eigenvalue weighted by atomic mass is 10.1. The number of hydrogen-bond acceptors (Lipinski definition) is 5. The molecule has 156 valence electrons. The summed E-state index contributed by atoms with van der Waals surface area (Å²) in [6.45, 7) is 3.88. The van der Waals surface area contributed by atoms with Crippen LogP contribution in [0.4, 0.5) is 0 Å². The van der Waals surface area contributed by atoms with Crippen LogP contribution in [-0.4, -0.2) is 21.4 Å². The van der Waals surface area contributed by atoms with Gasteiger partial charge in [-0.3, -0.25) is 9.69 Å². The third-order valence-corrected chi connectivity index (χ3v) is 6.29. The molecule has 0 N–H and O–H groups in total. The fourth-order valence-corrected chi connectivity index (χ4v) is 4.18. The van der Waals surface area contributed by atoms with Crippen LogP contribution in [0.3, 0.4) is 0 Å². The Morgan fingerprint density at radius 1 is 1.16 bits per heavy atom. The summed E-state index contributed by atoms with van der Waals surface area (Å²) in [7, 11) is 0. The molecule has 0 unspecified atom stereocenters. The van der Waals surface area contributed by atoms with E-state index in [-0.39, 0.29) is 5.43 Å². The second kappa shape index (κ2) is 8.08. The fourth-order valence-electron chi connectivity index (χ4n) is 3.89. The van der Waals surface area contributed by atoms with Crippen molar-refractivity contribution in [3.05, 3.63) is 91.5 Å². The minimum atomic E-state index is -0.0386. The highest BCUT2D eigenvalue weighted by Gasteiger charge is 2.20. The largest absolute Gasteiger partial charge is 0.464 e. The van der Waals surface area contributed by atoms with Crippen LogP contribution < -0.4 is 5.43 Å². The molecule has 2 aromatic carbocycles. The molecule has 7 heteroatoms. The summed E-state index contributed by atoms with van der Waals surface area (Å²) in [4.78, 5) is 24.5. The molecule has 3 heterocycles. The molecule has 0 spiro atoms. The Bertz CT molecular complexity index is 1350. The van der Waals surface area contributed by atoms with E-state index in [1.807, 2.05) is 37.4 Å². The monoisotopic (exact) mass is 451 g/mol. The van der Waals surface area contributed by atoms with Gasteiger partial charge >= 0.3 is 0 Å². The number of benzene rings is 2. The smallest absolute Gasteiger partial charge is 0.197 e. The Morgan fingerprint density at radius 2 is 1.97 bits per heavy atom. The number of fused-ring (bicyclic) bond motifs is 2. The van der Waals surface area contributed by atoms with Crippen LogP contribution >= 0.6 is 23.2 Å². The molecular weight excluding hydrogens is 433 g/mol. The molecule has 0 saturated heterocycles. The van der Waals surface area contributed by atoms with E-state index < -0.39 is 0 Å². The number of halogens is 2. The molecule has 31 heavy (non-hydrogen) atoms. The standard InChI is InChI=1S/C24H19Cl2N3O2/c1-14-8-22-19(9-20(14)26)23(30)17(13-31-22)12-29-7-6-21-16(11-29)10-27-24(28-21)15-2-4-18(25)5-3-15/h2-5,8-10,13H,6-7,11-12H2,1H3. The third kappa shape index (κ3) is 3.97. The Morgan fingerprint density at radius 3 is 2.77 bits per heavy atom. The summed E-state index contributed by atoms with van der Waals surface area (Å²) >= 11 is 12.2. The van der Waals surface area contributed by atoms with Gasteiger partial charge in [-0.2, -0.15) is 0 Å². The summed E-state index contributed by atoms with van der Waals surface area (Å²) in [5.74, 6) is 0.700. The van der Waals surface area contributed by atoms with Crippen molar-refractivity contribution < 1.29 is 4.42 Å². The van der Waals surface area contributed by atoms with E-state index in [2.05, 4.69) is 9.88 Å². The van der Waals surface area contributed by atoms with E-state index in [1.54, 1.807) is 18.4 Å². The van der Waals surface area contributed by atoms with Crippen molar-refractivity contribution in [3.63, 3.8) is 0 Å². The number of aromatic nitrogens is 2. The van der Waals surface area contributed by atoms with Gasteiger partial charge in [0.1, 0.15) is 5.58 Å². The quantitative estimate of drug-likeness (QED) is 0.415. The molecule has 5 nitrogen and oxygen atoms in total. The lowest BCUT2D eigenvalue weighted by Gasteiger charge is -2.27. The lowest BCUT2D eigenvalue weighted by molar-refractivity contribution is 0.240. The molecule has 0 saturated carbocycles. The van der Waals surface area contributed by atoms with E-state index in [0.717, 1.165) is 35.3 Å². The highest BCUT2D eigenvalue weighted by Crippen LogP contribution is 2.25. The van der Waals surface area contributed by atoms with Crippen LogP contribution in [-0.2, 0) is 19.5 Å². The second-order valence-corrected chi connectivity index (χ2v) is 8.66. The SMILES string of the molecule is Cc1cc2occ(CN3CCc4nc(-c5ccc(Cl)cc5)ncc4C3)c(=O)c2cc1Cl. The average molecular weight is 452 g/mol. The van der Waals surface area contributed by atoms with Crippen molar-refractivity contribution in [3.8, 4) is 11.4 Å². The molecule has 1 aliphatic rings. The van der Waals surface area contributed by atoms with Crippen LogP contribution in [0.1, 0.15) is 22.4 Å². The van der Waals surface area contributed by atoms with Gasteiger partial charge in [-0.15, -0.1) is 0 Å². The van der Waals surface area contributed by atoms with Crippen LogP contribution in [0.5, 0.6) is 0 Å². The maximum Gasteiger partial charge on any atom is 0.197 e. The first kappa shape index (κ1) is 20.2. The van der Waals surface area contributed by atoms with E-state index in [9.17, 15) is 4.79 Å². The molecular formula is C24H19Cl2N3O2. The molecule has 4 aromatic rings. The summed E-state index contributed by atoms with van der Waals surface area (Å²) in [6.07, 6.45) is 4.24. The van der Waals surface area contributed by atoms with Gasteiger partial charge in [-0.25, -0.2) is 9.97 Å². The predicted molar refractivity (Wildman–Crippen MR) is 123 cm³/mol.